The number of nitrogens with zero attached hydrogens (tertiary/aromatic N) is 1. The van der Waals surface area contributed by atoms with Gasteiger partial charge < -0.3 is 15.9 Å². The first-order valence-electron chi connectivity index (χ1n) is 9.97. The molecule has 0 aromatic heterocycles. The zero-order valence-electron chi connectivity index (χ0n) is 16.5. The van der Waals surface area contributed by atoms with Gasteiger partial charge >= 0.3 is 11.9 Å². The van der Waals surface area contributed by atoms with Crippen LogP contribution in [-0.4, -0.2) is 27.1 Å². The van der Waals surface area contributed by atoms with Gasteiger partial charge in [-0.25, -0.2) is 9.59 Å². The van der Waals surface area contributed by atoms with Crippen molar-refractivity contribution in [1.29, 1.82) is 0 Å². The summed E-state index contributed by atoms with van der Waals surface area (Å²) >= 11 is 0. The lowest BCUT2D eigenvalue weighted by Crippen LogP contribution is -2.12. The Labute approximate surface area is 173 Å². The molecule has 0 heterocycles. The molecule has 0 radical (unpaired) electrons. The molecule has 0 fully saturated rings. The molecule has 0 saturated heterocycles. The van der Waals surface area contributed by atoms with E-state index >= 15 is 0 Å². The van der Waals surface area contributed by atoms with Crippen molar-refractivity contribution >= 4 is 23.3 Å². The number of benzene rings is 2. The van der Waals surface area contributed by atoms with Gasteiger partial charge in [0.05, 0.1) is 16.1 Å². The maximum absolute atomic E-state index is 11.0. The standard InChI is InChI=1S/C11H11NO4.C11H13NO2/c13-11(14)9-5-6-10(12(15)16)8-4-2-1-3-7(8)9;12-10-6-5-9(11(13)14)7-3-1-2-4-8(7)10/h5-6H,1-4H2,(H,13,14);5-6H,1-4,12H2,(H,13,14). The molecule has 2 aromatic carbocycles. The summed E-state index contributed by atoms with van der Waals surface area (Å²) in [5, 5.41) is 28.8. The maximum Gasteiger partial charge on any atom is 0.335 e. The summed E-state index contributed by atoms with van der Waals surface area (Å²) in [4.78, 5) is 32.3. The molecule has 8 heteroatoms. The topological polar surface area (TPSA) is 144 Å². The number of fused-ring (bicyclic) bond motifs is 2. The van der Waals surface area contributed by atoms with Gasteiger partial charge in [-0.3, -0.25) is 10.1 Å². The molecule has 0 spiro atoms. The van der Waals surface area contributed by atoms with E-state index in [4.69, 9.17) is 15.9 Å². The number of nitro groups is 1. The van der Waals surface area contributed by atoms with Crippen molar-refractivity contribution in [2.75, 3.05) is 5.73 Å². The Morgan fingerprint density at radius 2 is 1.20 bits per heavy atom. The average Bonchev–Trinajstić information content (AvgIpc) is 2.73. The van der Waals surface area contributed by atoms with Crippen molar-refractivity contribution < 1.29 is 24.7 Å². The van der Waals surface area contributed by atoms with Crippen molar-refractivity contribution in [1.82, 2.24) is 0 Å². The highest BCUT2D eigenvalue weighted by atomic mass is 16.6. The van der Waals surface area contributed by atoms with Crippen molar-refractivity contribution in [3.05, 3.63) is 67.8 Å². The second-order valence-electron chi connectivity index (χ2n) is 7.53. The minimum Gasteiger partial charge on any atom is -0.478 e. The first-order valence-corrected chi connectivity index (χ1v) is 9.97. The van der Waals surface area contributed by atoms with Gasteiger partial charge in [-0.15, -0.1) is 0 Å². The number of carboxylic acid groups (broad SMARTS) is 2. The van der Waals surface area contributed by atoms with Gasteiger partial charge in [0, 0.05) is 17.3 Å². The Hall–Kier alpha value is -3.42. The Balaban J connectivity index is 0.000000172. The highest BCUT2D eigenvalue weighted by Gasteiger charge is 2.25. The van der Waals surface area contributed by atoms with E-state index in [1.165, 1.54) is 12.1 Å². The van der Waals surface area contributed by atoms with Crippen molar-refractivity contribution in [2.45, 2.75) is 51.4 Å². The van der Waals surface area contributed by atoms with Gasteiger partial charge in [-0.1, -0.05) is 0 Å². The van der Waals surface area contributed by atoms with Crippen LogP contribution in [0.15, 0.2) is 24.3 Å². The fourth-order valence-electron chi connectivity index (χ4n) is 4.32. The summed E-state index contributed by atoms with van der Waals surface area (Å²) in [5.74, 6) is -1.85. The molecule has 4 N–H and O–H groups in total. The lowest BCUT2D eigenvalue weighted by Gasteiger charge is -2.19. The fraction of sp³-hybridized carbons (Fsp3) is 0.364. The van der Waals surface area contributed by atoms with Gasteiger partial charge in [0.15, 0.2) is 0 Å². The predicted octanol–water partition coefficient (Wildman–Crippen LogP) is 4.02. The molecule has 2 aliphatic rings. The molecule has 0 amide bonds. The third kappa shape index (κ3) is 4.27. The number of anilines is 1. The molecular formula is C22H24N2O6. The lowest BCUT2D eigenvalue weighted by atomic mass is 9.87. The molecule has 0 bridgehead atoms. The minimum absolute atomic E-state index is 0.0553. The van der Waals surface area contributed by atoms with Crippen LogP contribution in [-0.2, 0) is 25.7 Å². The molecule has 0 saturated carbocycles. The highest BCUT2D eigenvalue weighted by molar-refractivity contribution is 5.91. The predicted molar refractivity (Wildman–Crippen MR) is 111 cm³/mol. The number of rotatable bonds is 3. The van der Waals surface area contributed by atoms with Crippen LogP contribution in [0, 0.1) is 10.1 Å². The average molecular weight is 412 g/mol. The van der Waals surface area contributed by atoms with Gasteiger partial charge in [0.2, 0.25) is 0 Å². The van der Waals surface area contributed by atoms with Crippen molar-refractivity contribution in [3.63, 3.8) is 0 Å². The van der Waals surface area contributed by atoms with E-state index in [-0.39, 0.29) is 11.3 Å². The van der Waals surface area contributed by atoms with Crippen LogP contribution < -0.4 is 5.73 Å². The molecule has 2 aromatic rings. The molecule has 158 valence electrons. The quantitative estimate of drug-likeness (QED) is 0.392. The van der Waals surface area contributed by atoms with Crippen LogP contribution >= 0.6 is 0 Å². The number of nitrogens with two attached hydrogens (primary N) is 1. The molecule has 0 atom stereocenters. The number of carboxylic acids is 2. The summed E-state index contributed by atoms with van der Waals surface area (Å²) in [6.45, 7) is 0. The zero-order chi connectivity index (χ0) is 21.8. The first-order chi connectivity index (χ1) is 14.3. The third-order valence-electron chi connectivity index (χ3n) is 5.74. The van der Waals surface area contributed by atoms with Crippen LogP contribution in [0.4, 0.5) is 11.4 Å². The van der Waals surface area contributed by atoms with Gasteiger partial charge in [-0.2, -0.15) is 0 Å². The van der Waals surface area contributed by atoms with Crippen molar-refractivity contribution in [2.24, 2.45) is 0 Å². The second kappa shape index (κ2) is 8.94. The van der Waals surface area contributed by atoms with E-state index in [2.05, 4.69) is 0 Å². The highest BCUT2D eigenvalue weighted by Crippen LogP contribution is 2.32. The number of nitrogen functional groups attached to an aromatic ring is 1. The Morgan fingerprint density at radius 1 is 0.767 bits per heavy atom. The van der Waals surface area contributed by atoms with E-state index < -0.39 is 16.9 Å². The summed E-state index contributed by atoms with van der Waals surface area (Å²) in [7, 11) is 0. The normalized spacial score (nSPS) is 14.5. The van der Waals surface area contributed by atoms with Crippen LogP contribution in [0.2, 0.25) is 0 Å². The van der Waals surface area contributed by atoms with Gasteiger partial charge in [-0.05, 0) is 86.3 Å². The smallest absolute Gasteiger partial charge is 0.335 e. The summed E-state index contributed by atoms with van der Waals surface area (Å²) in [6.07, 6.45) is 6.96. The third-order valence-corrected chi connectivity index (χ3v) is 5.74. The number of aromatic carboxylic acids is 2. The SMILES string of the molecule is Nc1ccc(C(=O)O)c2c1CCCC2.O=C(O)c1ccc([N+](=O)[O-])c2c1CCCC2. The molecule has 2 aliphatic carbocycles. The fourth-order valence-corrected chi connectivity index (χ4v) is 4.32. The lowest BCUT2D eigenvalue weighted by molar-refractivity contribution is -0.385. The van der Waals surface area contributed by atoms with Crippen LogP contribution in [0.25, 0.3) is 0 Å². The Kier molecular flexibility index (Phi) is 6.34. The van der Waals surface area contributed by atoms with E-state index in [9.17, 15) is 19.7 Å². The van der Waals surface area contributed by atoms with Gasteiger partial charge in [0.1, 0.15) is 0 Å². The molecular weight excluding hydrogens is 388 g/mol. The molecule has 0 unspecified atom stereocenters. The summed E-state index contributed by atoms with van der Waals surface area (Å²) < 4.78 is 0. The summed E-state index contributed by atoms with van der Waals surface area (Å²) in [5.41, 5.74) is 10.5. The number of carbonyl (C=O) groups is 2. The minimum atomic E-state index is -1.01. The monoisotopic (exact) mass is 412 g/mol. The number of hydrogen-bond donors (Lipinski definition) is 3. The second-order valence-corrected chi connectivity index (χ2v) is 7.53. The van der Waals surface area contributed by atoms with Crippen molar-refractivity contribution in [3.8, 4) is 0 Å². The largest absolute Gasteiger partial charge is 0.478 e. The number of hydrogen-bond acceptors (Lipinski definition) is 5. The molecule has 30 heavy (non-hydrogen) atoms. The first kappa shape index (κ1) is 21.3. The Bertz CT molecular complexity index is 972. The van der Waals surface area contributed by atoms with Crippen LogP contribution in [0.1, 0.15) is 68.7 Å². The molecule has 4 rings (SSSR count). The van der Waals surface area contributed by atoms with E-state index in [1.807, 2.05) is 0 Å². The Morgan fingerprint density at radius 3 is 1.70 bits per heavy atom. The van der Waals surface area contributed by atoms with Crippen LogP contribution in [0.5, 0.6) is 0 Å². The van der Waals surface area contributed by atoms with E-state index in [0.717, 1.165) is 55.3 Å². The zero-order valence-corrected chi connectivity index (χ0v) is 16.5. The van der Waals surface area contributed by atoms with Crippen LogP contribution in [0.3, 0.4) is 0 Å². The van der Waals surface area contributed by atoms with E-state index in [1.54, 1.807) is 12.1 Å². The molecule has 0 aliphatic heterocycles. The van der Waals surface area contributed by atoms with E-state index in [0.29, 0.717) is 29.5 Å². The molecule has 8 nitrogen and oxygen atoms in total. The number of nitro benzene ring substituents is 1. The maximum atomic E-state index is 11.0. The van der Waals surface area contributed by atoms with Gasteiger partial charge in [0.25, 0.3) is 5.69 Å². The summed E-state index contributed by atoms with van der Waals surface area (Å²) in [6, 6.07) is 5.95.